The van der Waals surface area contributed by atoms with Crippen molar-refractivity contribution in [3.63, 3.8) is 0 Å². The number of esters is 1. The highest BCUT2D eigenvalue weighted by Crippen LogP contribution is 2.28. The number of amides is 1. The number of hydrazone groups is 1. The van der Waals surface area contributed by atoms with Crippen LogP contribution >= 0.6 is 11.6 Å². The minimum atomic E-state index is -0.782. The second-order valence-corrected chi connectivity index (χ2v) is 7.46. The second kappa shape index (κ2) is 12.2. The summed E-state index contributed by atoms with van der Waals surface area (Å²) in [4.78, 5) is 24.4. The van der Waals surface area contributed by atoms with Gasteiger partial charge in [-0.1, -0.05) is 48.0 Å². The number of methoxy groups -OCH3 is 1. The van der Waals surface area contributed by atoms with Gasteiger partial charge in [0, 0.05) is 11.1 Å². The topological polar surface area (TPSA) is 86.2 Å². The molecule has 0 radical (unpaired) electrons. The standard InChI is InChI=1S/C26H23ClN2O5/c1-18(33-22-10-6-9-21(27)16-22)26(31)29-28-17-20-11-13-23(24(15-20)32-2)34-25(30)14-12-19-7-4-3-5-8-19/h3-18H,1-2H3,(H,29,31)/b14-12+,28-17-/t18-/m1/s1. The molecule has 8 heteroatoms. The summed E-state index contributed by atoms with van der Waals surface area (Å²) in [5, 5.41) is 4.46. The molecule has 3 aromatic carbocycles. The Hall–Kier alpha value is -4.10. The van der Waals surface area contributed by atoms with Gasteiger partial charge in [-0.05, 0) is 60.5 Å². The number of hydrogen-bond acceptors (Lipinski definition) is 6. The minimum absolute atomic E-state index is 0.259. The summed E-state index contributed by atoms with van der Waals surface area (Å²) in [5.41, 5.74) is 3.93. The Labute approximate surface area is 202 Å². The number of benzene rings is 3. The van der Waals surface area contributed by atoms with Gasteiger partial charge in [-0.2, -0.15) is 5.10 Å². The Balaban J connectivity index is 1.56. The third-order valence-corrected chi connectivity index (χ3v) is 4.71. The first-order valence-corrected chi connectivity index (χ1v) is 10.7. The van der Waals surface area contributed by atoms with E-state index in [0.29, 0.717) is 22.1 Å². The lowest BCUT2D eigenvalue weighted by Gasteiger charge is -2.13. The van der Waals surface area contributed by atoms with Crippen LogP contribution in [0.25, 0.3) is 6.08 Å². The molecule has 174 valence electrons. The first-order chi connectivity index (χ1) is 16.4. The summed E-state index contributed by atoms with van der Waals surface area (Å²) >= 11 is 5.92. The van der Waals surface area contributed by atoms with Gasteiger partial charge in [0.15, 0.2) is 17.6 Å². The predicted octanol–water partition coefficient (Wildman–Crippen LogP) is 4.89. The van der Waals surface area contributed by atoms with Gasteiger partial charge in [-0.15, -0.1) is 0 Å². The van der Waals surface area contributed by atoms with Gasteiger partial charge >= 0.3 is 5.97 Å². The van der Waals surface area contributed by atoms with Crippen molar-refractivity contribution in [2.75, 3.05) is 7.11 Å². The molecule has 7 nitrogen and oxygen atoms in total. The first kappa shape index (κ1) is 24.5. The van der Waals surface area contributed by atoms with Crippen LogP contribution in [0.1, 0.15) is 18.1 Å². The second-order valence-electron chi connectivity index (χ2n) is 7.03. The third kappa shape index (κ3) is 7.50. The van der Waals surface area contributed by atoms with Crippen molar-refractivity contribution in [2.45, 2.75) is 13.0 Å². The molecule has 3 rings (SSSR count). The van der Waals surface area contributed by atoms with E-state index in [2.05, 4.69) is 10.5 Å². The molecule has 0 bridgehead atoms. The summed E-state index contributed by atoms with van der Waals surface area (Å²) in [6.45, 7) is 1.60. The Morgan fingerprint density at radius 1 is 0.971 bits per heavy atom. The number of nitrogens with one attached hydrogen (secondary N) is 1. The van der Waals surface area contributed by atoms with Gasteiger partial charge in [0.05, 0.1) is 13.3 Å². The van der Waals surface area contributed by atoms with E-state index in [-0.39, 0.29) is 5.75 Å². The number of ether oxygens (including phenoxy) is 3. The lowest BCUT2D eigenvalue weighted by Crippen LogP contribution is -2.33. The highest BCUT2D eigenvalue weighted by atomic mass is 35.5. The Bertz CT molecular complexity index is 1190. The van der Waals surface area contributed by atoms with E-state index < -0.39 is 18.0 Å². The van der Waals surface area contributed by atoms with Crippen molar-refractivity contribution in [1.82, 2.24) is 5.43 Å². The zero-order valence-corrected chi connectivity index (χ0v) is 19.4. The Morgan fingerprint density at radius 2 is 1.76 bits per heavy atom. The van der Waals surface area contributed by atoms with E-state index in [9.17, 15) is 9.59 Å². The van der Waals surface area contributed by atoms with Crippen LogP contribution < -0.4 is 19.6 Å². The summed E-state index contributed by atoms with van der Waals surface area (Å²) in [5.74, 6) is 0.112. The fourth-order valence-corrected chi connectivity index (χ4v) is 2.96. The van der Waals surface area contributed by atoms with Crippen LogP contribution in [0.15, 0.2) is 84.0 Å². The van der Waals surface area contributed by atoms with Crippen LogP contribution in [-0.4, -0.2) is 31.3 Å². The number of halogens is 1. The number of carbonyl (C=O) groups is 2. The molecule has 0 unspecified atom stereocenters. The molecule has 0 aliphatic carbocycles. The molecule has 3 aromatic rings. The largest absolute Gasteiger partial charge is 0.493 e. The molecule has 1 atom stereocenters. The lowest BCUT2D eigenvalue weighted by molar-refractivity contribution is -0.129. The smallest absolute Gasteiger partial charge is 0.336 e. The van der Waals surface area contributed by atoms with Crippen molar-refractivity contribution < 1.29 is 23.8 Å². The summed E-state index contributed by atoms with van der Waals surface area (Å²) in [6, 6.07) is 21.1. The van der Waals surface area contributed by atoms with Gasteiger partial charge < -0.3 is 14.2 Å². The monoisotopic (exact) mass is 478 g/mol. The Morgan fingerprint density at radius 3 is 2.50 bits per heavy atom. The number of hydrogen-bond donors (Lipinski definition) is 1. The van der Waals surface area contributed by atoms with Gasteiger partial charge in [0.1, 0.15) is 5.75 Å². The van der Waals surface area contributed by atoms with E-state index in [4.69, 9.17) is 25.8 Å². The molecule has 0 fully saturated rings. The number of nitrogens with zero attached hydrogens (tertiary/aromatic N) is 1. The predicted molar refractivity (Wildman–Crippen MR) is 131 cm³/mol. The molecule has 0 aliphatic rings. The van der Waals surface area contributed by atoms with Gasteiger partial charge in [-0.3, -0.25) is 4.79 Å². The summed E-state index contributed by atoms with van der Waals surface area (Å²) in [7, 11) is 1.46. The zero-order chi connectivity index (χ0) is 24.3. The quantitative estimate of drug-likeness (QED) is 0.156. The molecule has 1 N–H and O–H groups in total. The van der Waals surface area contributed by atoms with Crippen molar-refractivity contribution >= 4 is 35.8 Å². The van der Waals surface area contributed by atoms with Crippen molar-refractivity contribution in [2.24, 2.45) is 5.10 Å². The molecule has 0 saturated carbocycles. The molecule has 0 spiro atoms. The maximum atomic E-state index is 12.2. The van der Waals surface area contributed by atoms with Crippen LogP contribution in [0.3, 0.4) is 0 Å². The Kier molecular flexibility index (Phi) is 8.82. The normalized spacial score (nSPS) is 11.9. The van der Waals surface area contributed by atoms with Crippen molar-refractivity contribution in [1.29, 1.82) is 0 Å². The van der Waals surface area contributed by atoms with E-state index in [0.717, 1.165) is 5.56 Å². The van der Waals surface area contributed by atoms with E-state index >= 15 is 0 Å². The average Bonchev–Trinajstić information content (AvgIpc) is 2.84. The van der Waals surface area contributed by atoms with Crippen LogP contribution in [0, 0.1) is 0 Å². The zero-order valence-electron chi connectivity index (χ0n) is 18.6. The number of rotatable bonds is 9. The fourth-order valence-electron chi connectivity index (χ4n) is 2.78. The van der Waals surface area contributed by atoms with E-state index in [1.807, 2.05) is 30.3 Å². The molecular formula is C26H23ClN2O5. The minimum Gasteiger partial charge on any atom is -0.493 e. The molecule has 0 aromatic heterocycles. The van der Waals surface area contributed by atoms with Crippen LogP contribution in [0.4, 0.5) is 0 Å². The molecule has 0 saturated heterocycles. The van der Waals surface area contributed by atoms with Gasteiger partial charge in [-0.25, -0.2) is 10.2 Å². The highest BCUT2D eigenvalue weighted by molar-refractivity contribution is 6.30. The highest BCUT2D eigenvalue weighted by Gasteiger charge is 2.14. The van der Waals surface area contributed by atoms with E-state index in [1.54, 1.807) is 55.5 Å². The van der Waals surface area contributed by atoms with Crippen LogP contribution in [0.5, 0.6) is 17.2 Å². The van der Waals surface area contributed by atoms with Crippen molar-refractivity contribution in [3.8, 4) is 17.2 Å². The average molecular weight is 479 g/mol. The van der Waals surface area contributed by atoms with Gasteiger partial charge in [0.2, 0.25) is 0 Å². The third-order valence-electron chi connectivity index (χ3n) is 4.48. The molecule has 1 amide bonds. The van der Waals surface area contributed by atoms with E-state index in [1.165, 1.54) is 19.4 Å². The van der Waals surface area contributed by atoms with Crippen molar-refractivity contribution in [3.05, 3.63) is 95.0 Å². The fraction of sp³-hybridized carbons (Fsp3) is 0.115. The molecule has 0 aliphatic heterocycles. The molecule has 34 heavy (non-hydrogen) atoms. The summed E-state index contributed by atoms with van der Waals surface area (Å²) < 4.78 is 16.2. The first-order valence-electron chi connectivity index (χ1n) is 10.3. The van der Waals surface area contributed by atoms with Gasteiger partial charge in [0.25, 0.3) is 5.91 Å². The lowest BCUT2D eigenvalue weighted by atomic mass is 10.2. The van der Waals surface area contributed by atoms with Crippen LogP contribution in [0.2, 0.25) is 5.02 Å². The summed E-state index contributed by atoms with van der Waals surface area (Å²) in [6.07, 6.45) is 3.66. The maximum Gasteiger partial charge on any atom is 0.336 e. The molecular weight excluding hydrogens is 456 g/mol. The maximum absolute atomic E-state index is 12.2. The number of carbonyl (C=O) groups excluding carboxylic acids is 2. The molecule has 0 heterocycles. The van der Waals surface area contributed by atoms with Crippen LogP contribution in [-0.2, 0) is 9.59 Å². The SMILES string of the molecule is COc1cc(/C=N\NC(=O)[C@@H](C)Oc2cccc(Cl)c2)ccc1OC(=O)/C=C/c1ccccc1.